The van der Waals surface area contributed by atoms with Gasteiger partial charge in [-0.25, -0.2) is 9.07 Å². The Hall–Kier alpha value is -2.68. The normalized spacial score (nSPS) is 11.7. The average Bonchev–Trinajstić information content (AvgIpc) is 2.99. The molecule has 0 saturated heterocycles. The van der Waals surface area contributed by atoms with E-state index >= 15 is 0 Å². The third-order valence-electron chi connectivity index (χ3n) is 3.15. The van der Waals surface area contributed by atoms with E-state index in [4.69, 9.17) is 11.6 Å². The maximum absolute atomic E-state index is 14.0. The van der Waals surface area contributed by atoms with Crippen molar-refractivity contribution in [2.24, 2.45) is 0 Å². The second kappa shape index (κ2) is 5.75. The van der Waals surface area contributed by atoms with Crippen LogP contribution in [-0.4, -0.2) is 20.0 Å². The van der Waals surface area contributed by atoms with E-state index in [1.165, 1.54) is 18.2 Å². The molecular formula is C14H7ClF4N4O. The number of nitrogens with one attached hydrogen (secondary N) is 1. The average molecular weight is 359 g/mol. The van der Waals surface area contributed by atoms with Gasteiger partial charge in [0.25, 0.3) is 0 Å². The van der Waals surface area contributed by atoms with Gasteiger partial charge in [-0.15, -0.1) is 5.10 Å². The summed E-state index contributed by atoms with van der Waals surface area (Å²) < 4.78 is 52.9. The van der Waals surface area contributed by atoms with E-state index in [1.54, 1.807) is 0 Å². The number of pyridine rings is 1. The highest BCUT2D eigenvalue weighted by atomic mass is 35.5. The van der Waals surface area contributed by atoms with Gasteiger partial charge in [0.05, 0.1) is 11.9 Å². The van der Waals surface area contributed by atoms with Crippen LogP contribution >= 0.6 is 11.6 Å². The molecule has 2 aromatic heterocycles. The lowest BCUT2D eigenvalue weighted by Crippen LogP contribution is -2.07. The monoisotopic (exact) mass is 358 g/mol. The molecule has 124 valence electrons. The van der Waals surface area contributed by atoms with E-state index in [0.29, 0.717) is 6.20 Å². The van der Waals surface area contributed by atoms with Crippen LogP contribution in [0, 0.1) is 5.82 Å². The maximum Gasteiger partial charge on any atom is 0.436 e. The van der Waals surface area contributed by atoms with Crippen LogP contribution in [0.4, 0.5) is 17.6 Å². The first-order valence-corrected chi connectivity index (χ1v) is 6.81. The highest BCUT2D eigenvalue weighted by Crippen LogP contribution is 2.32. The molecule has 3 rings (SSSR count). The highest BCUT2D eigenvalue weighted by Gasteiger charge is 2.34. The summed E-state index contributed by atoms with van der Waals surface area (Å²) in [6.07, 6.45) is -3.15. The number of halogens is 5. The Kier molecular flexibility index (Phi) is 3.88. The van der Waals surface area contributed by atoms with E-state index in [-0.39, 0.29) is 21.8 Å². The Bertz CT molecular complexity index is 964. The van der Waals surface area contributed by atoms with Crippen LogP contribution in [0.3, 0.4) is 0 Å². The molecule has 2 heterocycles. The summed E-state index contributed by atoms with van der Waals surface area (Å²) in [7, 11) is 0. The molecular weight excluding hydrogens is 352 g/mol. The topological polar surface area (TPSA) is 63.6 Å². The van der Waals surface area contributed by atoms with Crippen LogP contribution in [0.1, 0.15) is 5.69 Å². The fourth-order valence-corrected chi connectivity index (χ4v) is 2.27. The van der Waals surface area contributed by atoms with Crippen molar-refractivity contribution >= 4 is 11.6 Å². The van der Waals surface area contributed by atoms with Crippen molar-refractivity contribution < 1.29 is 17.6 Å². The number of nitrogens with zero attached hydrogens (tertiary/aromatic N) is 3. The minimum atomic E-state index is -4.67. The van der Waals surface area contributed by atoms with Gasteiger partial charge >= 0.3 is 6.18 Å². The fraction of sp³-hybridized carbons (Fsp3) is 0.0714. The van der Waals surface area contributed by atoms with Crippen molar-refractivity contribution in [1.29, 1.82) is 0 Å². The molecule has 24 heavy (non-hydrogen) atoms. The zero-order chi connectivity index (χ0) is 17.5. The number of aromatic amines is 1. The molecule has 0 bridgehead atoms. The Morgan fingerprint density at radius 3 is 2.58 bits per heavy atom. The Balaban J connectivity index is 2.22. The van der Waals surface area contributed by atoms with Crippen LogP contribution in [0.2, 0.25) is 5.02 Å². The lowest BCUT2D eigenvalue weighted by molar-refractivity contribution is -0.141. The van der Waals surface area contributed by atoms with E-state index in [9.17, 15) is 22.4 Å². The summed E-state index contributed by atoms with van der Waals surface area (Å²) in [5.74, 6) is -0.769. The zero-order valence-electron chi connectivity index (χ0n) is 11.6. The molecule has 0 saturated carbocycles. The summed E-state index contributed by atoms with van der Waals surface area (Å²) in [6, 6.07) is 5.06. The van der Waals surface area contributed by atoms with Crippen molar-refractivity contribution in [2.75, 3.05) is 0 Å². The maximum atomic E-state index is 14.0. The molecule has 0 spiro atoms. The fourth-order valence-electron chi connectivity index (χ4n) is 2.10. The van der Waals surface area contributed by atoms with Crippen molar-refractivity contribution in [3.63, 3.8) is 0 Å². The van der Waals surface area contributed by atoms with E-state index in [1.807, 2.05) is 0 Å². The zero-order valence-corrected chi connectivity index (χ0v) is 12.4. The second-order valence-electron chi connectivity index (χ2n) is 4.77. The van der Waals surface area contributed by atoms with Crippen molar-refractivity contribution in [1.82, 2.24) is 20.0 Å². The Morgan fingerprint density at radius 2 is 1.92 bits per heavy atom. The summed E-state index contributed by atoms with van der Waals surface area (Å²) in [5.41, 5.74) is -1.71. The van der Waals surface area contributed by atoms with Gasteiger partial charge in [0, 0.05) is 28.4 Å². The van der Waals surface area contributed by atoms with Gasteiger partial charge in [-0.3, -0.25) is 4.79 Å². The number of hydrogen-bond acceptors (Lipinski definition) is 3. The summed E-state index contributed by atoms with van der Waals surface area (Å²) in [6.45, 7) is 0. The van der Waals surface area contributed by atoms with Crippen molar-refractivity contribution in [3.05, 3.63) is 63.5 Å². The van der Waals surface area contributed by atoms with Crippen LogP contribution in [0.15, 0.2) is 41.5 Å². The first-order valence-electron chi connectivity index (χ1n) is 6.44. The predicted molar refractivity (Wildman–Crippen MR) is 77.4 cm³/mol. The lowest BCUT2D eigenvalue weighted by Gasteiger charge is -2.10. The highest BCUT2D eigenvalue weighted by molar-refractivity contribution is 6.31. The van der Waals surface area contributed by atoms with Crippen molar-refractivity contribution in [3.8, 4) is 16.8 Å². The molecule has 0 fully saturated rings. The van der Waals surface area contributed by atoms with Gasteiger partial charge in [-0.1, -0.05) is 16.8 Å². The number of alkyl halides is 3. The summed E-state index contributed by atoms with van der Waals surface area (Å²) >= 11 is 5.89. The number of hydrogen-bond donors (Lipinski definition) is 1. The quantitative estimate of drug-likeness (QED) is 0.714. The minimum absolute atomic E-state index is 0.0897. The molecule has 0 unspecified atom stereocenters. The molecule has 5 nitrogen and oxygen atoms in total. The third kappa shape index (κ3) is 3.02. The van der Waals surface area contributed by atoms with Crippen molar-refractivity contribution in [2.45, 2.75) is 6.18 Å². The molecule has 0 aliphatic carbocycles. The van der Waals surface area contributed by atoms with Crippen LogP contribution in [0.5, 0.6) is 0 Å². The van der Waals surface area contributed by atoms with Gasteiger partial charge in [0.1, 0.15) is 5.82 Å². The molecule has 1 N–H and O–H groups in total. The number of benzene rings is 1. The Morgan fingerprint density at radius 1 is 1.17 bits per heavy atom. The smallest absolute Gasteiger partial charge is 0.326 e. The summed E-state index contributed by atoms with van der Waals surface area (Å²) in [4.78, 5) is 13.6. The van der Waals surface area contributed by atoms with Gasteiger partial charge in [0.2, 0.25) is 5.56 Å². The molecule has 10 heteroatoms. The summed E-state index contributed by atoms with van der Waals surface area (Å²) in [5, 5.41) is 6.68. The van der Waals surface area contributed by atoms with Gasteiger partial charge in [0.15, 0.2) is 5.69 Å². The third-order valence-corrected chi connectivity index (χ3v) is 3.39. The SMILES string of the molecule is O=c1cc(-c2cc(Cl)ccc2-n2cc(C(F)(F)F)nn2)c(F)c[nH]1. The number of rotatable bonds is 2. The van der Waals surface area contributed by atoms with Gasteiger partial charge < -0.3 is 4.98 Å². The molecule has 3 aromatic rings. The molecule has 0 radical (unpaired) electrons. The van der Waals surface area contributed by atoms with Gasteiger partial charge in [-0.05, 0) is 18.2 Å². The van der Waals surface area contributed by atoms with Crippen LogP contribution in [0.25, 0.3) is 16.8 Å². The van der Waals surface area contributed by atoms with Crippen LogP contribution in [-0.2, 0) is 6.18 Å². The first-order chi connectivity index (χ1) is 11.3. The first kappa shape index (κ1) is 16.2. The largest absolute Gasteiger partial charge is 0.436 e. The van der Waals surface area contributed by atoms with E-state index in [0.717, 1.165) is 16.9 Å². The van der Waals surface area contributed by atoms with E-state index in [2.05, 4.69) is 15.3 Å². The van der Waals surface area contributed by atoms with Gasteiger partial charge in [-0.2, -0.15) is 13.2 Å². The Labute approximate surface area is 136 Å². The molecule has 0 amide bonds. The van der Waals surface area contributed by atoms with Crippen LogP contribution < -0.4 is 5.56 Å². The minimum Gasteiger partial charge on any atom is -0.326 e. The molecule has 0 aliphatic heterocycles. The molecule has 0 aliphatic rings. The number of aromatic nitrogens is 4. The lowest BCUT2D eigenvalue weighted by atomic mass is 10.0. The second-order valence-corrected chi connectivity index (χ2v) is 5.20. The predicted octanol–water partition coefficient (Wildman–Crippen LogP) is 3.43. The molecule has 1 aromatic carbocycles. The molecule has 0 atom stereocenters. The number of H-pyrrole nitrogens is 1. The van der Waals surface area contributed by atoms with E-state index < -0.39 is 23.2 Å². The standard InChI is InChI=1S/C14H7ClF4N4O/c15-7-1-2-11(23-6-12(21-22-23)14(17,18)19)9(3-7)8-4-13(24)20-5-10(8)16/h1-6H,(H,20,24).